The highest BCUT2D eigenvalue weighted by Gasteiger charge is 2.26. The normalized spacial score (nSPS) is 13.2. The van der Waals surface area contributed by atoms with Crippen LogP contribution in [0.4, 0.5) is 5.69 Å². The lowest BCUT2D eigenvalue weighted by molar-refractivity contribution is 0.0986. The number of hydrogen-bond donors (Lipinski definition) is 1. The molecule has 20 heavy (non-hydrogen) atoms. The van der Waals surface area contributed by atoms with Gasteiger partial charge in [-0.25, -0.2) is 0 Å². The first-order valence-electron chi connectivity index (χ1n) is 6.47. The van der Waals surface area contributed by atoms with Crippen LogP contribution in [-0.4, -0.2) is 24.7 Å². The summed E-state index contributed by atoms with van der Waals surface area (Å²) in [4.78, 5) is 14.3. The average molecular weight is 269 g/mol. The molecule has 2 aromatic rings. The van der Waals surface area contributed by atoms with E-state index in [0.717, 1.165) is 17.7 Å². The Morgan fingerprint density at radius 1 is 1.25 bits per heavy atom. The largest absolute Gasteiger partial charge is 0.507 e. The lowest BCUT2D eigenvalue weighted by Gasteiger charge is -2.18. The fourth-order valence-electron chi connectivity index (χ4n) is 2.51. The maximum Gasteiger partial charge on any atom is 0.262 e. The molecule has 4 heteroatoms. The third-order valence-electron chi connectivity index (χ3n) is 3.57. The number of methoxy groups -OCH3 is 1. The molecule has 0 saturated heterocycles. The van der Waals surface area contributed by atoms with Gasteiger partial charge >= 0.3 is 0 Å². The maximum absolute atomic E-state index is 12.6. The molecule has 2 aromatic carbocycles. The smallest absolute Gasteiger partial charge is 0.262 e. The second-order valence-corrected chi connectivity index (χ2v) is 4.72. The zero-order valence-electron chi connectivity index (χ0n) is 11.2. The minimum absolute atomic E-state index is 0.0276. The fourth-order valence-corrected chi connectivity index (χ4v) is 2.51. The van der Waals surface area contributed by atoms with Crippen molar-refractivity contribution in [3.8, 4) is 11.5 Å². The number of benzene rings is 2. The number of phenols is 1. The van der Waals surface area contributed by atoms with Crippen LogP contribution in [-0.2, 0) is 6.42 Å². The van der Waals surface area contributed by atoms with E-state index in [1.54, 1.807) is 17.0 Å². The van der Waals surface area contributed by atoms with Gasteiger partial charge in [-0.05, 0) is 36.2 Å². The summed E-state index contributed by atoms with van der Waals surface area (Å²) in [5, 5.41) is 9.91. The van der Waals surface area contributed by atoms with Crippen molar-refractivity contribution >= 4 is 11.6 Å². The Labute approximate surface area is 117 Å². The monoisotopic (exact) mass is 269 g/mol. The summed E-state index contributed by atoms with van der Waals surface area (Å²) >= 11 is 0. The van der Waals surface area contributed by atoms with Crippen LogP contribution in [0.15, 0.2) is 42.5 Å². The first-order chi connectivity index (χ1) is 9.70. The molecule has 0 radical (unpaired) electrons. The molecule has 1 N–H and O–H groups in total. The van der Waals surface area contributed by atoms with E-state index >= 15 is 0 Å². The summed E-state index contributed by atoms with van der Waals surface area (Å²) < 4.78 is 5.11. The Bertz CT molecular complexity index is 667. The molecule has 1 aliphatic heterocycles. The Hall–Kier alpha value is -2.49. The molecule has 0 aliphatic carbocycles. The number of nitrogens with zero attached hydrogens (tertiary/aromatic N) is 1. The van der Waals surface area contributed by atoms with E-state index in [1.807, 2.05) is 24.3 Å². The van der Waals surface area contributed by atoms with Crippen molar-refractivity contribution in [3.63, 3.8) is 0 Å². The van der Waals surface area contributed by atoms with Crippen LogP contribution in [0.25, 0.3) is 0 Å². The number of carbonyl (C=O) groups excluding carboxylic acids is 1. The van der Waals surface area contributed by atoms with Gasteiger partial charge in [0.25, 0.3) is 5.91 Å². The van der Waals surface area contributed by atoms with Gasteiger partial charge in [0.15, 0.2) is 0 Å². The van der Waals surface area contributed by atoms with E-state index < -0.39 is 0 Å². The van der Waals surface area contributed by atoms with Crippen molar-refractivity contribution in [3.05, 3.63) is 53.6 Å². The second kappa shape index (κ2) is 4.89. The number of amides is 1. The average Bonchev–Trinajstić information content (AvgIpc) is 2.91. The van der Waals surface area contributed by atoms with Crippen LogP contribution in [0.5, 0.6) is 11.5 Å². The molecular weight excluding hydrogens is 254 g/mol. The zero-order chi connectivity index (χ0) is 14.1. The fraction of sp³-hybridized carbons (Fsp3) is 0.188. The lowest BCUT2D eigenvalue weighted by atomic mass is 10.1. The summed E-state index contributed by atoms with van der Waals surface area (Å²) in [6, 6.07) is 12.5. The Kier molecular flexibility index (Phi) is 3.06. The molecule has 1 heterocycles. The number of rotatable bonds is 2. The Balaban J connectivity index is 1.98. The minimum Gasteiger partial charge on any atom is -0.507 e. The van der Waals surface area contributed by atoms with Gasteiger partial charge in [-0.2, -0.15) is 0 Å². The first-order valence-corrected chi connectivity index (χ1v) is 6.47. The highest BCUT2D eigenvalue weighted by atomic mass is 16.5. The van der Waals surface area contributed by atoms with Gasteiger partial charge in [-0.3, -0.25) is 4.79 Å². The van der Waals surface area contributed by atoms with Gasteiger partial charge in [-0.1, -0.05) is 18.2 Å². The zero-order valence-corrected chi connectivity index (χ0v) is 11.2. The van der Waals surface area contributed by atoms with Crippen molar-refractivity contribution in [2.24, 2.45) is 0 Å². The topological polar surface area (TPSA) is 49.8 Å². The SMILES string of the molecule is COc1ccc(O)c(C(=O)N2CCc3ccccc32)c1. The summed E-state index contributed by atoms with van der Waals surface area (Å²) in [5.74, 6) is 0.324. The van der Waals surface area contributed by atoms with Gasteiger partial charge in [0, 0.05) is 12.2 Å². The predicted octanol–water partition coefficient (Wildman–Crippen LogP) is 2.60. The number of ether oxygens (including phenoxy) is 1. The predicted molar refractivity (Wildman–Crippen MR) is 76.5 cm³/mol. The molecule has 1 aliphatic rings. The standard InChI is InChI=1S/C16H15NO3/c1-20-12-6-7-15(18)13(10-12)16(19)17-9-8-11-4-2-3-5-14(11)17/h2-7,10,18H,8-9H2,1H3. The number of para-hydroxylation sites is 1. The van der Waals surface area contributed by atoms with Crippen LogP contribution >= 0.6 is 0 Å². The van der Waals surface area contributed by atoms with Crippen molar-refractivity contribution in [2.45, 2.75) is 6.42 Å². The van der Waals surface area contributed by atoms with Crippen molar-refractivity contribution in [1.82, 2.24) is 0 Å². The van der Waals surface area contributed by atoms with Gasteiger partial charge in [0.05, 0.1) is 12.7 Å². The van der Waals surface area contributed by atoms with Gasteiger partial charge < -0.3 is 14.7 Å². The number of anilines is 1. The summed E-state index contributed by atoms with van der Waals surface area (Å²) in [6.45, 7) is 0.634. The molecule has 0 fully saturated rings. The van der Waals surface area contributed by atoms with E-state index in [9.17, 15) is 9.90 Å². The number of fused-ring (bicyclic) bond motifs is 1. The van der Waals surface area contributed by atoms with Crippen LogP contribution < -0.4 is 9.64 Å². The molecule has 0 bridgehead atoms. The van der Waals surface area contributed by atoms with Crippen LogP contribution in [0.3, 0.4) is 0 Å². The van der Waals surface area contributed by atoms with E-state index in [-0.39, 0.29) is 17.2 Å². The molecule has 1 amide bonds. The van der Waals surface area contributed by atoms with Crippen molar-refractivity contribution in [2.75, 3.05) is 18.6 Å². The number of phenolic OH excluding ortho intramolecular Hbond substituents is 1. The number of hydrogen-bond acceptors (Lipinski definition) is 3. The molecular formula is C16H15NO3. The second-order valence-electron chi connectivity index (χ2n) is 4.72. The van der Waals surface area contributed by atoms with Gasteiger partial charge in [0.1, 0.15) is 11.5 Å². The van der Waals surface area contributed by atoms with E-state index in [0.29, 0.717) is 12.3 Å². The Morgan fingerprint density at radius 3 is 2.85 bits per heavy atom. The maximum atomic E-state index is 12.6. The van der Waals surface area contributed by atoms with Crippen molar-refractivity contribution < 1.29 is 14.6 Å². The highest BCUT2D eigenvalue weighted by Crippen LogP contribution is 2.31. The molecule has 0 spiro atoms. The quantitative estimate of drug-likeness (QED) is 0.911. The summed E-state index contributed by atoms with van der Waals surface area (Å²) in [5.41, 5.74) is 2.34. The minimum atomic E-state index is -0.202. The molecule has 102 valence electrons. The number of aromatic hydroxyl groups is 1. The van der Waals surface area contributed by atoms with Crippen LogP contribution in [0.1, 0.15) is 15.9 Å². The van der Waals surface area contributed by atoms with Gasteiger partial charge in [0.2, 0.25) is 0 Å². The lowest BCUT2D eigenvalue weighted by Crippen LogP contribution is -2.28. The van der Waals surface area contributed by atoms with E-state index in [2.05, 4.69) is 0 Å². The van der Waals surface area contributed by atoms with E-state index in [4.69, 9.17) is 4.74 Å². The summed E-state index contributed by atoms with van der Waals surface area (Å²) in [6.07, 6.45) is 0.840. The van der Waals surface area contributed by atoms with E-state index in [1.165, 1.54) is 13.2 Å². The Morgan fingerprint density at radius 2 is 2.05 bits per heavy atom. The highest BCUT2D eigenvalue weighted by molar-refractivity contribution is 6.09. The molecule has 0 saturated carbocycles. The number of carbonyl (C=O) groups is 1. The molecule has 3 rings (SSSR count). The molecule has 0 aromatic heterocycles. The first kappa shape index (κ1) is 12.5. The summed E-state index contributed by atoms with van der Waals surface area (Å²) in [7, 11) is 1.53. The molecule has 4 nitrogen and oxygen atoms in total. The third-order valence-corrected chi connectivity index (χ3v) is 3.57. The molecule has 0 unspecified atom stereocenters. The van der Waals surface area contributed by atoms with Gasteiger partial charge in [-0.15, -0.1) is 0 Å². The van der Waals surface area contributed by atoms with Crippen LogP contribution in [0.2, 0.25) is 0 Å². The molecule has 0 atom stereocenters. The van der Waals surface area contributed by atoms with Crippen LogP contribution in [0, 0.1) is 0 Å². The van der Waals surface area contributed by atoms with Crippen molar-refractivity contribution in [1.29, 1.82) is 0 Å². The third kappa shape index (κ3) is 1.99.